The van der Waals surface area contributed by atoms with Crippen LogP contribution in [0.1, 0.15) is 18.9 Å². The standard InChI is InChI=1S/C17H21FN4O3/c1-17(11-3-5-12(18)6-4-11)15(24)22(16(25)20-17)10-14(23)21(2)13-7-8-19-9-13/h3-6,13,19H,7-10H2,1-2H3,(H,20,25)/t13-,17-/m1/s1. The van der Waals surface area contributed by atoms with Crippen molar-refractivity contribution in [3.8, 4) is 0 Å². The maximum Gasteiger partial charge on any atom is 0.325 e. The van der Waals surface area contributed by atoms with Gasteiger partial charge in [-0.1, -0.05) is 12.1 Å². The van der Waals surface area contributed by atoms with Crippen molar-refractivity contribution in [3.63, 3.8) is 0 Å². The van der Waals surface area contributed by atoms with Crippen molar-refractivity contribution < 1.29 is 18.8 Å². The molecule has 4 amide bonds. The second-order valence-electron chi connectivity index (χ2n) is 6.60. The van der Waals surface area contributed by atoms with Crippen molar-refractivity contribution in [2.45, 2.75) is 24.9 Å². The monoisotopic (exact) mass is 348 g/mol. The Hall–Kier alpha value is -2.48. The van der Waals surface area contributed by atoms with Gasteiger partial charge in [0.15, 0.2) is 0 Å². The molecule has 134 valence electrons. The number of amides is 4. The lowest BCUT2D eigenvalue weighted by atomic mass is 9.92. The minimum absolute atomic E-state index is 0.0664. The number of urea groups is 1. The number of nitrogens with zero attached hydrogens (tertiary/aromatic N) is 2. The van der Waals surface area contributed by atoms with Gasteiger partial charge in [0.25, 0.3) is 5.91 Å². The fraction of sp³-hybridized carbons (Fsp3) is 0.471. The number of halogens is 1. The first kappa shape index (κ1) is 17.3. The summed E-state index contributed by atoms with van der Waals surface area (Å²) >= 11 is 0. The normalized spacial score (nSPS) is 26.0. The average Bonchev–Trinajstić information content (AvgIpc) is 3.19. The molecule has 0 bridgehead atoms. The molecule has 7 nitrogen and oxygen atoms in total. The van der Waals surface area contributed by atoms with Gasteiger partial charge in [-0.25, -0.2) is 9.18 Å². The van der Waals surface area contributed by atoms with Gasteiger partial charge in [-0.05, 0) is 37.6 Å². The van der Waals surface area contributed by atoms with E-state index in [0.29, 0.717) is 12.1 Å². The fourth-order valence-electron chi connectivity index (χ4n) is 3.24. The van der Waals surface area contributed by atoms with E-state index >= 15 is 0 Å². The van der Waals surface area contributed by atoms with E-state index in [0.717, 1.165) is 17.9 Å². The van der Waals surface area contributed by atoms with Gasteiger partial charge < -0.3 is 15.5 Å². The molecule has 2 aliphatic heterocycles. The van der Waals surface area contributed by atoms with Crippen molar-refractivity contribution in [2.75, 3.05) is 26.7 Å². The van der Waals surface area contributed by atoms with Gasteiger partial charge in [-0.15, -0.1) is 0 Å². The molecule has 2 fully saturated rings. The third-order valence-electron chi connectivity index (χ3n) is 4.97. The maximum absolute atomic E-state index is 13.1. The van der Waals surface area contributed by atoms with E-state index in [1.54, 1.807) is 18.9 Å². The summed E-state index contributed by atoms with van der Waals surface area (Å²) in [6.07, 6.45) is 0.843. The van der Waals surface area contributed by atoms with E-state index in [9.17, 15) is 18.8 Å². The second kappa shape index (κ2) is 6.44. The predicted octanol–water partition coefficient (Wildman–Crippen LogP) is 0.413. The molecule has 1 aromatic rings. The second-order valence-corrected chi connectivity index (χ2v) is 6.60. The van der Waals surface area contributed by atoms with Crippen molar-refractivity contribution in [3.05, 3.63) is 35.6 Å². The van der Waals surface area contributed by atoms with Crippen LogP contribution < -0.4 is 10.6 Å². The van der Waals surface area contributed by atoms with Crippen LogP contribution in [0.4, 0.5) is 9.18 Å². The van der Waals surface area contributed by atoms with E-state index in [1.165, 1.54) is 24.3 Å². The number of benzene rings is 1. The maximum atomic E-state index is 13.1. The Balaban J connectivity index is 1.74. The molecule has 2 aliphatic rings. The highest BCUT2D eigenvalue weighted by molar-refractivity contribution is 6.09. The number of likely N-dealkylation sites (N-methyl/N-ethyl adjacent to an activating group) is 1. The summed E-state index contributed by atoms with van der Waals surface area (Å²) in [5.74, 6) is -1.24. The summed E-state index contributed by atoms with van der Waals surface area (Å²) in [5, 5.41) is 5.79. The molecule has 0 unspecified atom stereocenters. The minimum atomic E-state index is -1.31. The molecular formula is C17H21FN4O3. The molecule has 2 saturated heterocycles. The van der Waals surface area contributed by atoms with E-state index in [-0.39, 0.29) is 18.5 Å². The average molecular weight is 348 g/mol. The van der Waals surface area contributed by atoms with Gasteiger partial charge in [-0.3, -0.25) is 14.5 Å². The quantitative estimate of drug-likeness (QED) is 0.773. The lowest BCUT2D eigenvalue weighted by Gasteiger charge is -2.26. The number of hydrogen-bond donors (Lipinski definition) is 2. The lowest BCUT2D eigenvalue weighted by molar-refractivity contribution is -0.139. The summed E-state index contributed by atoms with van der Waals surface area (Å²) < 4.78 is 13.1. The van der Waals surface area contributed by atoms with Crippen LogP contribution in [0.2, 0.25) is 0 Å². The Labute approximate surface area is 145 Å². The minimum Gasteiger partial charge on any atom is -0.340 e. The van der Waals surface area contributed by atoms with E-state index in [1.807, 2.05) is 0 Å². The Morgan fingerprint density at radius 2 is 2.04 bits per heavy atom. The van der Waals surface area contributed by atoms with E-state index in [2.05, 4.69) is 10.6 Å². The van der Waals surface area contributed by atoms with Crippen LogP contribution in [0.3, 0.4) is 0 Å². The van der Waals surface area contributed by atoms with Crippen LogP contribution in [0.5, 0.6) is 0 Å². The smallest absolute Gasteiger partial charge is 0.325 e. The van der Waals surface area contributed by atoms with Gasteiger partial charge in [-0.2, -0.15) is 0 Å². The largest absolute Gasteiger partial charge is 0.340 e. The van der Waals surface area contributed by atoms with Crippen LogP contribution in [-0.2, 0) is 15.1 Å². The Bertz CT molecular complexity index is 702. The molecule has 25 heavy (non-hydrogen) atoms. The van der Waals surface area contributed by atoms with Crippen molar-refractivity contribution >= 4 is 17.8 Å². The SMILES string of the molecule is CN(C(=O)CN1C(=O)N[C@](C)(c2ccc(F)cc2)C1=O)[C@@H]1CCNC1. The number of rotatable bonds is 4. The third kappa shape index (κ3) is 3.09. The topological polar surface area (TPSA) is 81.8 Å². The first-order valence-corrected chi connectivity index (χ1v) is 8.19. The van der Waals surface area contributed by atoms with Gasteiger partial charge in [0, 0.05) is 19.6 Å². The molecule has 2 atom stereocenters. The summed E-state index contributed by atoms with van der Waals surface area (Å²) in [7, 11) is 1.68. The first-order chi connectivity index (χ1) is 11.8. The summed E-state index contributed by atoms with van der Waals surface area (Å²) in [5.41, 5.74) is -0.839. The van der Waals surface area contributed by atoms with E-state index in [4.69, 9.17) is 0 Å². The van der Waals surface area contributed by atoms with Crippen LogP contribution in [0.15, 0.2) is 24.3 Å². The molecule has 3 rings (SSSR count). The van der Waals surface area contributed by atoms with Crippen LogP contribution >= 0.6 is 0 Å². The molecule has 0 aromatic heterocycles. The Kier molecular flexibility index (Phi) is 4.47. The molecule has 0 aliphatic carbocycles. The molecule has 0 radical (unpaired) electrons. The van der Waals surface area contributed by atoms with Gasteiger partial charge in [0.1, 0.15) is 17.9 Å². The van der Waals surface area contributed by atoms with Gasteiger partial charge in [0.05, 0.1) is 0 Å². The Morgan fingerprint density at radius 1 is 1.36 bits per heavy atom. The van der Waals surface area contributed by atoms with Gasteiger partial charge in [0.2, 0.25) is 5.91 Å². The highest BCUT2D eigenvalue weighted by Crippen LogP contribution is 2.29. The third-order valence-corrected chi connectivity index (χ3v) is 4.97. The summed E-state index contributed by atoms with van der Waals surface area (Å²) in [4.78, 5) is 40.0. The fourth-order valence-corrected chi connectivity index (χ4v) is 3.24. The summed E-state index contributed by atoms with van der Waals surface area (Å²) in [6, 6.07) is 4.81. The molecule has 0 spiro atoms. The number of carbonyl (C=O) groups is 3. The highest BCUT2D eigenvalue weighted by atomic mass is 19.1. The van der Waals surface area contributed by atoms with Crippen molar-refractivity contribution in [1.82, 2.24) is 20.4 Å². The number of nitrogens with one attached hydrogen (secondary N) is 2. The van der Waals surface area contributed by atoms with Crippen LogP contribution in [-0.4, -0.2) is 60.4 Å². The van der Waals surface area contributed by atoms with Crippen LogP contribution in [0, 0.1) is 5.82 Å². The zero-order valence-corrected chi connectivity index (χ0v) is 14.2. The highest BCUT2D eigenvalue weighted by Gasteiger charge is 2.49. The van der Waals surface area contributed by atoms with Crippen molar-refractivity contribution in [1.29, 1.82) is 0 Å². The predicted molar refractivity (Wildman–Crippen MR) is 88.0 cm³/mol. The molecule has 1 aromatic carbocycles. The van der Waals surface area contributed by atoms with Crippen molar-refractivity contribution in [2.24, 2.45) is 0 Å². The zero-order chi connectivity index (χ0) is 18.2. The first-order valence-electron chi connectivity index (χ1n) is 8.19. The van der Waals surface area contributed by atoms with Crippen LogP contribution in [0.25, 0.3) is 0 Å². The number of imide groups is 1. The molecular weight excluding hydrogens is 327 g/mol. The van der Waals surface area contributed by atoms with E-state index < -0.39 is 23.3 Å². The summed E-state index contributed by atoms with van der Waals surface area (Å²) in [6.45, 7) is 2.79. The molecule has 8 heteroatoms. The van der Waals surface area contributed by atoms with Gasteiger partial charge >= 0.3 is 6.03 Å². The number of carbonyl (C=O) groups excluding carboxylic acids is 3. The zero-order valence-electron chi connectivity index (χ0n) is 14.2. The Morgan fingerprint density at radius 3 is 2.64 bits per heavy atom. The lowest BCUT2D eigenvalue weighted by Crippen LogP contribution is -2.46. The number of hydrogen-bond acceptors (Lipinski definition) is 4. The molecule has 2 heterocycles. The molecule has 0 saturated carbocycles. The molecule has 2 N–H and O–H groups in total.